The Bertz CT molecular complexity index is 929. The molecular weight excluding hydrogens is 394 g/mol. The standard InChI is InChI=1S/C18H20ClNO6S/c1-12-10-14(6-8-17(12)26-9-3-4-18(21)22)27(23,24)20-16-11-13(25-2)5-7-15(16)19/h5-8,10-11,20H,3-4,9H2,1-2H3,(H,21,22). The Balaban J connectivity index is 2.14. The van der Waals surface area contributed by atoms with Crippen molar-refractivity contribution in [1.82, 2.24) is 0 Å². The number of anilines is 1. The van der Waals surface area contributed by atoms with Crippen molar-refractivity contribution in [2.24, 2.45) is 0 Å². The van der Waals surface area contributed by atoms with Crippen molar-refractivity contribution in [1.29, 1.82) is 0 Å². The molecule has 2 aromatic carbocycles. The van der Waals surface area contributed by atoms with Crippen LogP contribution in [0.2, 0.25) is 5.02 Å². The molecule has 0 heterocycles. The Kier molecular flexibility index (Phi) is 6.92. The third-order valence-electron chi connectivity index (χ3n) is 3.67. The molecule has 2 N–H and O–H groups in total. The molecule has 27 heavy (non-hydrogen) atoms. The summed E-state index contributed by atoms with van der Waals surface area (Å²) in [5.74, 6) is 0.0798. The van der Waals surface area contributed by atoms with Crippen LogP contribution < -0.4 is 14.2 Å². The SMILES string of the molecule is COc1ccc(Cl)c(NS(=O)(=O)c2ccc(OCCCC(=O)O)c(C)c2)c1. The number of hydrogen-bond donors (Lipinski definition) is 2. The second-order valence-electron chi connectivity index (χ2n) is 5.72. The first kappa shape index (κ1) is 20.9. The number of rotatable bonds is 9. The molecule has 0 radical (unpaired) electrons. The van der Waals surface area contributed by atoms with Gasteiger partial charge in [0.25, 0.3) is 10.0 Å². The van der Waals surface area contributed by atoms with Crippen LogP contribution in [-0.2, 0) is 14.8 Å². The van der Waals surface area contributed by atoms with E-state index in [1.54, 1.807) is 13.0 Å². The van der Waals surface area contributed by atoms with Crippen LogP contribution in [-0.4, -0.2) is 33.2 Å². The van der Waals surface area contributed by atoms with E-state index in [0.29, 0.717) is 23.5 Å². The Morgan fingerprint density at radius 3 is 2.59 bits per heavy atom. The van der Waals surface area contributed by atoms with Gasteiger partial charge in [-0.25, -0.2) is 8.42 Å². The summed E-state index contributed by atoms with van der Waals surface area (Å²) in [5.41, 5.74) is 0.826. The number of nitrogens with one attached hydrogen (secondary N) is 1. The molecule has 2 aromatic rings. The van der Waals surface area contributed by atoms with Crippen molar-refractivity contribution in [2.45, 2.75) is 24.7 Å². The van der Waals surface area contributed by atoms with E-state index in [1.807, 2.05) is 0 Å². The summed E-state index contributed by atoms with van der Waals surface area (Å²) >= 11 is 6.05. The van der Waals surface area contributed by atoms with Crippen LogP contribution in [0.15, 0.2) is 41.3 Å². The van der Waals surface area contributed by atoms with Gasteiger partial charge in [-0.05, 0) is 49.2 Å². The molecule has 0 saturated heterocycles. The number of halogens is 1. The van der Waals surface area contributed by atoms with Gasteiger partial charge in [0.2, 0.25) is 0 Å². The lowest BCUT2D eigenvalue weighted by molar-refractivity contribution is -0.137. The van der Waals surface area contributed by atoms with Crippen LogP contribution in [0.4, 0.5) is 5.69 Å². The van der Waals surface area contributed by atoms with Crippen molar-refractivity contribution in [3.05, 3.63) is 47.0 Å². The van der Waals surface area contributed by atoms with E-state index < -0.39 is 16.0 Å². The molecular formula is C18H20ClNO6S. The zero-order chi connectivity index (χ0) is 20.0. The molecule has 0 fully saturated rings. The smallest absolute Gasteiger partial charge is 0.303 e. The fraction of sp³-hybridized carbons (Fsp3) is 0.278. The molecule has 2 rings (SSSR count). The Hall–Kier alpha value is -2.45. The molecule has 9 heteroatoms. The highest BCUT2D eigenvalue weighted by Gasteiger charge is 2.18. The van der Waals surface area contributed by atoms with Gasteiger partial charge in [0.1, 0.15) is 11.5 Å². The number of hydrogen-bond acceptors (Lipinski definition) is 5. The van der Waals surface area contributed by atoms with Gasteiger partial charge in [-0.2, -0.15) is 0 Å². The number of aryl methyl sites for hydroxylation is 1. The van der Waals surface area contributed by atoms with Crippen LogP contribution in [0.3, 0.4) is 0 Å². The van der Waals surface area contributed by atoms with E-state index >= 15 is 0 Å². The first-order chi connectivity index (χ1) is 12.7. The lowest BCUT2D eigenvalue weighted by Gasteiger charge is -2.13. The third kappa shape index (κ3) is 5.77. The van der Waals surface area contributed by atoms with E-state index in [2.05, 4.69) is 4.72 Å². The second-order valence-corrected chi connectivity index (χ2v) is 7.81. The van der Waals surface area contributed by atoms with E-state index in [9.17, 15) is 13.2 Å². The van der Waals surface area contributed by atoms with Gasteiger partial charge in [-0.15, -0.1) is 0 Å². The van der Waals surface area contributed by atoms with E-state index in [-0.39, 0.29) is 28.6 Å². The molecule has 0 aliphatic carbocycles. The maximum absolute atomic E-state index is 12.6. The van der Waals surface area contributed by atoms with Gasteiger partial charge in [0, 0.05) is 12.5 Å². The van der Waals surface area contributed by atoms with Crippen LogP contribution in [0.1, 0.15) is 18.4 Å². The van der Waals surface area contributed by atoms with Crippen molar-refractivity contribution in [2.75, 3.05) is 18.4 Å². The van der Waals surface area contributed by atoms with Gasteiger partial charge >= 0.3 is 5.97 Å². The molecule has 0 aliphatic rings. The first-order valence-corrected chi connectivity index (χ1v) is 9.90. The number of carboxylic acid groups (broad SMARTS) is 1. The summed E-state index contributed by atoms with van der Waals surface area (Å²) in [6.45, 7) is 1.95. The number of methoxy groups -OCH3 is 1. The zero-order valence-corrected chi connectivity index (χ0v) is 16.4. The van der Waals surface area contributed by atoms with Gasteiger partial charge in [0.15, 0.2) is 0 Å². The van der Waals surface area contributed by atoms with Crippen molar-refractivity contribution in [3.8, 4) is 11.5 Å². The molecule has 7 nitrogen and oxygen atoms in total. The maximum atomic E-state index is 12.6. The number of benzene rings is 2. The molecule has 146 valence electrons. The highest BCUT2D eigenvalue weighted by atomic mass is 35.5. The summed E-state index contributed by atoms with van der Waals surface area (Å²) < 4.78 is 38.3. The largest absolute Gasteiger partial charge is 0.497 e. The summed E-state index contributed by atoms with van der Waals surface area (Å²) in [5, 5.41) is 8.86. The van der Waals surface area contributed by atoms with Crippen LogP contribution in [0.25, 0.3) is 0 Å². The lowest BCUT2D eigenvalue weighted by atomic mass is 10.2. The number of carbonyl (C=O) groups is 1. The first-order valence-electron chi connectivity index (χ1n) is 8.04. The molecule has 0 amide bonds. The average molecular weight is 414 g/mol. The molecule has 0 aliphatic heterocycles. The fourth-order valence-electron chi connectivity index (χ4n) is 2.27. The van der Waals surface area contributed by atoms with E-state index in [1.165, 1.54) is 37.4 Å². The minimum atomic E-state index is -3.86. The summed E-state index contributed by atoms with van der Waals surface area (Å²) in [6, 6.07) is 9.09. The predicted molar refractivity (Wildman–Crippen MR) is 102 cm³/mol. The van der Waals surface area contributed by atoms with E-state index in [0.717, 1.165) is 0 Å². The van der Waals surface area contributed by atoms with Crippen molar-refractivity contribution in [3.63, 3.8) is 0 Å². The minimum absolute atomic E-state index is 0.0106. The van der Waals surface area contributed by atoms with Gasteiger partial charge < -0.3 is 14.6 Å². The number of aliphatic carboxylic acids is 1. The Morgan fingerprint density at radius 2 is 1.96 bits per heavy atom. The average Bonchev–Trinajstić information content (AvgIpc) is 2.61. The summed E-state index contributed by atoms with van der Waals surface area (Å²) in [4.78, 5) is 10.6. The predicted octanol–water partition coefficient (Wildman–Crippen LogP) is 3.70. The molecule has 0 aromatic heterocycles. The molecule has 0 atom stereocenters. The fourth-order valence-corrected chi connectivity index (χ4v) is 3.65. The minimum Gasteiger partial charge on any atom is -0.497 e. The number of ether oxygens (including phenoxy) is 2. The van der Waals surface area contributed by atoms with Crippen molar-refractivity contribution >= 4 is 33.3 Å². The molecule has 0 unspecified atom stereocenters. The second kappa shape index (κ2) is 8.96. The monoisotopic (exact) mass is 413 g/mol. The highest BCUT2D eigenvalue weighted by Crippen LogP contribution is 2.30. The van der Waals surface area contributed by atoms with Gasteiger partial charge in [-0.1, -0.05) is 11.6 Å². The van der Waals surface area contributed by atoms with Crippen LogP contribution >= 0.6 is 11.6 Å². The normalized spacial score (nSPS) is 11.1. The lowest BCUT2D eigenvalue weighted by Crippen LogP contribution is -2.13. The quantitative estimate of drug-likeness (QED) is 0.607. The summed E-state index contributed by atoms with van der Waals surface area (Å²) in [7, 11) is -2.39. The summed E-state index contributed by atoms with van der Waals surface area (Å²) in [6.07, 6.45) is 0.376. The van der Waals surface area contributed by atoms with Crippen LogP contribution in [0, 0.1) is 6.92 Å². The maximum Gasteiger partial charge on any atom is 0.303 e. The number of carboxylic acids is 1. The van der Waals surface area contributed by atoms with Crippen LogP contribution in [0.5, 0.6) is 11.5 Å². The Morgan fingerprint density at radius 1 is 1.22 bits per heavy atom. The van der Waals surface area contributed by atoms with Gasteiger partial charge in [-0.3, -0.25) is 9.52 Å². The van der Waals surface area contributed by atoms with Crippen molar-refractivity contribution < 1.29 is 27.8 Å². The molecule has 0 bridgehead atoms. The zero-order valence-electron chi connectivity index (χ0n) is 14.9. The highest BCUT2D eigenvalue weighted by molar-refractivity contribution is 7.92. The van der Waals surface area contributed by atoms with Gasteiger partial charge in [0.05, 0.1) is 29.3 Å². The molecule has 0 saturated carbocycles. The third-order valence-corrected chi connectivity index (χ3v) is 5.36. The molecule has 0 spiro atoms. The Labute approximate surface area is 162 Å². The van der Waals surface area contributed by atoms with E-state index in [4.69, 9.17) is 26.2 Å². The number of sulfonamides is 1. The topological polar surface area (TPSA) is 102 Å².